The molecular formula is C22H40Cl2O4. The van der Waals surface area contributed by atoms with Crippen molar-refractivity contribution in [1.29, 1.82) is 0 Å². The maximum absolute atomic E-state index is 12.5. The van der Waals surface area contributed by atoms with Gasteiger partial charge in [0.2, 0.25) is 0 Å². The van der Waals surface area contributed by atoms with Gasteiger partial charge in [0, 0.05) is 0 Å². The molecule has 0 saturated heterocycles. The lowest BCUT2D eigenvalue weighted by Crippen LogP contribution is -2.41. The molecule has 0 radical (unpaired) electrons. The lowest BCUT2D eigenvalue weighted by Gasteiger charge is -2.27. The summed E-state index contributed by atoms with van der Waals surface area (Å²) in [5.74, 6) is -1.11. The van der Waals surface area contributed by atoms with Crippen LogP contribution in [0.4, 0.5) is 0 Å². The average Bonchev–Trinajstić information content (AvgIpc) is 2.68. The number of ether oxygens (including phenoxy) is 2. The molecule has 28 heavy (non-hydrogen) atoms. The quantitative estimate of drug-likeness (QED) is 0.0999. The standard InChI is InChI=1S/C22H40Cl2O4/c1-4-7-8-9-10-11-12-13-14-15-16-17-27-20(25)22(5-2,6-3)21(26)28-18-19(23)24/h19H,4-18H2,1-3H3. The highest BCUT2D eigenvalue weighted by Crippen LogP contribution is 2.30. The molecule has 0 saturated carbocycles. The highest BCUT2D eigenvalue weighted by atomic mass is 35.5. The van der Waals surface area contributed by atoms with Gasteiger partial charge in [0.1, 0.15) is 11.4 Å². The predicted octanol–water partition coefficient (Wildman–Crippen LogP) is 6.99. The van der Waals surface area contributed by atoms with Crippen LogP contribution in [0, 0.1) is 5.41 Å². The average molecular weight is 439 g/mol. The van der Waals surface area contributed by atoms with Crippen molar-refractivity contribution in [2.24, 2.45) is 5.41 Å². The molecular weight excluding hydrogens is 399 g/mol. The largest absolute Gasteiger partial charge is 0.465 e. The van der Waals surface area contributed by atoms with Gasteiger partial charge in [0.15, 0.2) is 5.41 Å². The third-order valence-electron chi connectivity index (χ3n) is 5.31. The number of esters is 2. The SMILES string of the molecule is CCCCCCCCCCCCCOC(=O)C(CC)(CC)C(=O)OCC(Cl)Cl. The fraction of sp³-hybridized carbons (Fsp3) is 0.909. The summed E-state index contributed by atoms with van der Waals surface area (Å²) in [4.78, 5) is 24.1. The van der Waals surface area contributed by atoms with Gasteiger partial charge in [-0.3, -0.25) is 9.59 Å². The minimum absolute atomic E-state index is 0.129. The molecule has 0 atom stereocenters. The minimum Gasteiger partial charge on any atom is -0.465 e. The van der Waals surface area contributed by atoms with Crippen molar-refractivity contribution in [1.82, 2.24) is 0 Å². The summed E-state index contributed by atoms with van der Waals surface area (Å²) in [5, 5.41) is 0. The zero-order valence-corrected chi connectivity index (χ0v) is 19.6. The summed E-state index contributed by atoms with van der Waals surface area (Å²) < 4.78 is 10.5. The van der Waals surface area contributed by atoms with Gasteiger partial charge in [-0.05, 0) is 19.3 Å². The zero-order valence-electron chi connectivity index (χ0n) is 18.1. The Bertz CT molecular complexity index is 409. The first-order chi connectivity index (χ1) is 13.4. The van der Waals surface area contributed by atoms with E-state index in [1.165, 1.54) is 51.4 Å². The van der Waals surface area contributed by atoms with E-state index in [9.17, 15) is 9.59 Å². The van der Waals surface area contributed by atoms with Gasteiger partial charge in [-0.1, -0.05) is 85.0 Å². The third-order valence-corrected chi connectivity index (χ3v) is 5.56. The lowest BCUT2D eigenvalue weighted by atomic mass is 9.82. The van der Waals surface area contributed by atoms with Crippen molar-refractivity contribution in [3.05, 3.63) is 0 Å². The molecule has 0 fully saturated rings. The summed E-state index contributed by atoms with van der Waals surface area (Å²) in [5.41, 5.74) is -1.26. The van der Waals surface area contributed by atoms with Crippen molar-refractivity contribution in [2.75, 3.05) is 13.2 Å². The van der Waals surface area contributed by atoms with Gasteiger partial charge in [-0.15, -0.1) is 23.2 Å². The fourth-order valence-electron chi connectivity index (χ4n) is 3.26. The normalized spacial score (nSPS) is 11.6. The number of rotatable bonds is 18. The van der Waals surface area contributed by atoms with Gasteiger partial charge in [0.25, 0.3) is 0 Å². The molecule has 0 aromatic carbocycles. The van der Waals surface area contributed by atoms with Crippen molar-refractivity contribution in [2.45, 2.75) is 109 Å². The lowest BCUT2D eigenvalue weighted by molar-refractivity contribution is -0.173. The highest BCUT2D eigenvalue weighted by Gasteiger charge is 2.46. The molecule has 166 valence electrons. The molecule has 4 nitrogen and oxygen atoms in total. The second-order valence-corrected chi connectivity index (χ2v) is 8.73. The Kier molecular flexibility index (Phi) is 17.1. The molecule has 0 amide bonds. The number of carbonyl (C=O) groups is 2. The van der Waals surface area contributed by atoms with Crippen molar-refractivity contribution in [3.8, 4) is 0 Å². The van der Waals surface area contributed by atoms with Crippen LogP contribution in [0.3, 0.4) is 0 Å². The van der Waals surface area contributed by atoms with Crippen LogP contribution in [0.2, 0.25) is 0 Å². The van der Waals surface area contributed by atoms with E-state index in [0.717, 1.165) is 19.3 Å². The van der Waals surface area contributed by atoms with Crippen LogP contribution in [0.25, 0.3) is 0 Å². The molecule has 0 spiro atoms. The van der Waals surface area contributed by atoms with Gasteiger partial charge in [-0.2, -0.15) is 0 Å². The molecule has 0 heterocycles. The second kappa shape index (κ2) is 17.4. The molecule has 0 N–H and O–H groups in total. The Morgan fingerprint density at radius 2 is 1.14 bits per heavy atom. The van der Waals surface area contributed by atoms with Crippen LogP contribution < -0.4 is 0 Å². The summed E-state index contributed by atoms with van der Waals surface area (Å²) in [6.45, 7) is 6.03. The Hall–Kier alpha value is -0.480. The number of halogens is 2. The number of carbonyl (C=O) groups excluding carboxylic acids is 2. The van der Waals surface area contributed by atoms with Gasteiger partial charge in [-0.25, -0.2) is 0 Å². The minimum atomic E-state index is -1.26. The monoisotopic (exact) mass is 438 g/mol. The maximum atomic E-state index is 12.5. The molecule has 0 rings (SSSR count). The van der Waals surface area contributed by atoms with Crippen LogP contribution in [-0.4, -0.2) is 30.0 Å². The van der Waals surface area contributed by atoms with Gasteiger partial charge in [0.05, 0.1) is 6.61 Å². The van der Waals surface area contributed by atoms with Crippen molar-refractivity contribution in [3.63, 3.8) is 0 Å². The molecule has 0 aliphatic rings. The summed E-state index contributed by atoms with van der Waals surface area (Å²) in [6.07, 6.45) is 14.2. The molecule has 0 aromatic heterocycles. The first kappa shape index (κ1) is 27.5. The molecule has 0 aliphatic heterocycles. The molecule has 0 aliphatic carbocycles. The van der Waals surface area contributed by atoms with E-state index in [2.05, 4.69) is 6.92 Å². The van der Waals surface area contributed by atoms with Crippen LogP contribution >= 0.6 is 23.2 Å². The Morgan fingerprint density at radius 1 is 0.714 bits per heavy atom. The van der Waals surface area contributed by atoms with Crippen molar-refractivity contribution >= 4 is 35.1 Å². The van der Waals surface area contributed by atoms with E-state index in [0.29, 0.717) is 19.4 Å². The van der Waals surface area contributed by atoms with E-state index >= 15 is 0 Å². The zero-order chi connectivity index (χ0) is 21.3. The van der Waals surface area contributed by atoms with Crippen LogP contribution in [0.15, 0.2) is 0 Å². The van der Waals surface area contributed by atoms with Crippen molar-refractivity contribution < 1.29 is 19.1 Å². The van der Waals surface area contributed by atoms with E-state index in [1.807, 2.05) is 0 Å². The van der Waals surface area contributed by atoms with E-state index < -0.39 is 22.2 Å². The Labute approximate surface area is 182 Å². The van der Waals surface area contributed by atoms with E-state index in [-0.39, 0.29) is 6.61 Å². The summed E-state index contributed by atoms with van der Waals surface area (Å²) >= 11 is 11.2. The fourth-order valence-corrected chi connectivity index (χ4v) is 3.38. The van der Waals surface area contributed by atoms with E-state index in [4.69, 9.17) is 32.7 Å². The van der Waals surface area contributed by atoms with Gasteiger partial charge >= 0.3 is 11.9 Å². The van der Waals surface area contributed by atoms with Gasteiger partial charge < -0.3 is 9.47 Å². The van der Waals surface area contributed by atoms with Crippen LogP contribution in [-0.2, 0) is 19.1 Å². The Morgan fingerprint density at radius 3 is 1.57 bits per heavy atom. The topological polar surface area (TPSA) is 52.6 Å². The smallest absolute Gasteiger partial charge is 0.323 e. The second-order valence-electron chi connectivity index (χ2n) is 7.45. The Balaban J connectivity index is 3.96. The highest BCUT2D eigenvalue weighted by molar-refractivity contribution is 6.44. The maximum Gasteiger partial charge on any atom is 0.323 e. The summed E-state index contributed by atoms with van der Waals surface area (Å²) in [7, 11) is 0. The molecule has 6 heteroatoms. The number of alkyl halides is 2. The third kappa shape index (κ3) is 11.5. The molecule has 0 aromatic rings. The van der Waals surface area contributed by atoms with Crippen LogP contribution in [0.5, 0.6) is 0 Å². The molecule has 0 unspecified atom stereocenters. The number of unbranched alkanes of at least 4 members (excludes halogenated alkanes) is 10. The molecule has 0 bridgehead atoms. The number of hydrogen-bond donors (Lipinski definition) is 0. The number of hydrogen-bond acceptors (Lipinski definition) is 4. The summed E-state index contributed by atoms with van der Waals surface area (Å²) in [6, 6.07) is 0. The predicted molar refractivity (Wildman–Crippen MR) is 117 cm³/mol. The van der Waals surface area contributed by atoms with Crippen LogP contribution in [0.1, 0.15) is 104 Å². The first-order valence-electron chi connectivity index (χ1n) is 11.1. The first-order valence-corrected chi connectivity index (χ1v) is 11.9. The van der Waals surface area contributed by atoms with E-state index in [1.54, 1.807) is 13.8 Å².